The van der Waals surface area contributed by atoms with E-state index >= 15 is 0 Å². The molecule has 0 aliphatic carbocycles. The van der Waals surface area contributed by atoms with Crippen molar-refractivity contribution in [2.45, 2.75) is 24.5 Å². The molecule has 126 valence electrons. The molecule has 1 saturated heterocycles. The first-order chi connectivity index (χ1) is 11.7. The number of benzene rings is 2. The SMILES string of the molecule is CCOc1cc(C2CSC(c3ccccc3)CC2=O)ccc1OC. The molecule has 1 aliphatic rings. The van der Waals surface area contributed by atoms with E-state index in [1.807, 2.05) is 55.1 Å². The molecule has 0 radical (unpaired) electrons. The predicted molar refractivity (Wildman–Crippen MR) is 98.2 cm³/mol. The average Bonchev–Trinajstić information content (AvgIpc) is 2.62. The molecule has 2 unspecified atom stereocenters. The van der Waals surface area contributed by atoms with Gasteiger partial charge in [0.05, 0.1) is 19.6 Å². The van der Waals surface area contributed by atoms with Gasteiger partial charge in [0.15, 0.2) is 11.5 Å². The van der Waals surface area contributed by atoms with Gasteiger partial charge in [-0.1, -0.05) is 36.4 Å². The number of hydrogen-bond acceptors (Lipinski definition) is 4. The number of carbonyl (C=O) groups excluding carboxylic acids is 1. The minimum Gasteiger partial charge on any atom is -0.493 e. The Morgan fingerprint density at radius 1 is 1.08 bits per heavy atom. The molecule has 4 heteroatoms. The Balaban J connectivity index is 1.77. The fraction of sp³-hybridized carbons (Fsp3) is 0.350. The standard InChI is InChI=1S/C20H22O3S/c1-3-23-19-11-15(9-10-18(19)22-2)16-13-24-20(12-17(16)21)14-7-5-4-6-8-14/h4-11,16,20H,3,12-13H2,1-2H3. The Morgan fingerprint density at radius 3 is 2.54 bits per heavy atom. The lowest BCUT2D eigenvalue weighted by molar-refractivity contribution is -0.120. The molecule has 1 fully saturated rings. The molecular formula is C20H22O3S. The minimum absolute atomic E-state index is 0.0694. The first-order valence-corrected chi connectivity index (χ1v) is 9.27. The van der Waals surface area contributed by atoms with Crippen LogP contribution in [0.3, 0.4) is 0 Å². The first kappa shape index (κ1) is 16.9. The molecular weight excluding hydrogens is 320 g/mol. The zero-order valence-electron chi connectivity index (χ0n) is 14.0. The zero-order valence-corrected chi connectivity index (χ0v) is 14.8. The number of methoxy groups -OCH3 is 1. The van der Waals surface area contributed by atoms with Crippen LogP contribution in [-0.2, 0) is 4.79 Å². The first-order valence-electron chi connectivity index (χ1n) is 8.23. The average molecular weight is 342 g/mol. The molecule has 2 atom stereocenters. The summed E-state index contributed by atoms with van der Waals surface area (Å²) >= 11 is 1.86. The van der Waals surface area contributed by atoms with Crippen molar-refractivity contribution in [2.24, 2.45) is 0 Å². The maximum absolute atomic E-state index is 12.7. The fourth-order valence-electron chi connectivity index (χ4n) is 3.03. The Hall–Kier alpha value is -1.94. The van der Waals surface area contributed by atoms with E-state index in [1.165, 1.54) is 5.56 Å². The van der Waals surface area contributed by atoms with Gasteiger partial charge in [-0.2, -0.15) is 11.8 Å². The third-order valence-corrected chi connectivity index (χ3v) is 5.67. The van der Waals surface area contributed by atoms with Crippen molar-refractivity contribution in [3.05, 3.63) is 59.7 Å². The number of hydrogen-bond donors (Lipinski definition) is 0. The van der Waals surface area contributed by atoms with Gasteiger partial charge in [-0.3, -0.25) is 4.79 Å². The Labute approximate surface area is 147 Å². The summed E-state index contributed by atoms with van der Waals surface area (Å²) in [4.78, 5) is 12.7. The number of thioether (sulfide) groups is 1. The molecule has 0 bridgehead atoms. The Bertz CT molecular complexity index is 699. The molecule has 1 heterocycles. The van der Waals surface area contributed by atoms with Crippen LogP contribution < -0.4 is 9.47 Å². The third kappa shape index (κ3) is 3.59. The van der Waals surface area contributed by atoms with Gasteiger partial charge in [0.1, 0.15) is 5.78 Å². The number of rotatable bonds is 5. The van der Waals surface area contributed by atoms with Crippen LogP contribution in [0.4, 0.5) is 0 Å². The van der Waals surface area contributed by atoms with Crippen molar-refractivity contribution in [3.63, 3.8) is 0 Å². The molecule has 24 heavy (non-hydrogen) atoms. The van der Waals surface area contributed by atoms with Crippen molar-refractivity contribution in [3.8, 4) is 11.5 Å². The van der Waals surface area contributed by atoms with Crippen LogP contribution in [0.2, 0.25) is 0 Å². The van der Waals surface area contributed by atoms with Crippen LogP contribution in [0.25, 0.3) is 0 Å². The van der Waals surface area contributed by atoms with Crippen molar-refractivity contribution in [1.29, 1.82) is 0 Å². The largest absolute Gasteiger partial charge is 0.493 e. The van der Waals surface area contributed by atoms with E-state index in [2.05, 4.69) is 12.1 Å². The van der Waals surface area contributed by atoms with Gasteiger partial charge in [-0.15, -0.1) is 0 Å². The summed E-state index contributed by atoms with van der Waals surface area (Å²) in [7, 11) is 1.63. The molecule has 1 aliphatic heterocycles. The maximum Gasteiger partial charge on any atom is 0.161 e. The highest BCUT2D eigenvalue weighted by Gasteiger charge is 2.31. The predicted octanol–water partition coefficient (Wildman–Crippen LogP) is 4.62. The molecule has 0 saturated carbocycles. The van der Waals surface area contributed by atoms with Gasteiger partial charge >= 0.3 is 0 Å². The van der Waals surface area contributed by atoms with E-state index in [0.29, 0.717) is 30.3 Å². The van der Waals surface area contributed by atoms with Gasteiger partial charge in [-0.05, 0) is 30.2 Å². The summed E-state index contributed by atoms with van der Waals surface area (Å²) < 4.78 is 11.0. The topological polar surface area (TPSA) is 35.5 Å². The van der Waals surface area contributed by atoms with Crippen LogP contribution in [-0.4, -0.2) is 25.3 Å². The van der Waals surface area contributed by atoms with Crippen molar-refractivity contribution >= 4 is 17.5 Å². The van der Waals surface area contributed by atoms with E-state index < -0.39 is 0 Å². The number of ether oxygens (including phenoxy) is 2. The van der Waals surface area contributed by atoms with Gasteiger partial charge in [0.2, 0.25) is 0 Å². The summed E-state index contributed by atoms with van der Waals surface area (Å²) in [5, 5.41) is 0.263. The van der Waals surface area contributed by atoms with Crippen LogP contribution in [0.5, 0.6) is 11.5 Å². The smallest absolute Gasteiger partial charge is 0.161 e. The lowest BCUT2D eigenvalue weighted by Gasteiger charge is -2.28. The van der Waals surface area contributed by atoms with Crippen LogP contribution in [0.15, 0.2) is 48.5 Å². The lowest BCUT2D eigenvalue weighted by atomic mass is 9.91. The maximum atomic E-state index is 12.7. The second-order valence-electron chi connectivity index (χ2n) is 5.80. The van der Waals surface area contributed by atoms with Gasteiger partial charge < -0.3 is 9.47 Å². The summed E-state index contributed by atoms with van der Waals surface area (Å²) in [6, 6.07) is 16.1. The highest BCUT2D eigenvalue weighted by Crippen LogP contribution is 2.43. The molecule has 0 spiro atoms. The van der Waals surface area contributed by atoms with Crippen LogP contribution in [0, 0.1) is 0 Å². The van der Waals surface area contributed by atoms with E-state index in [-0.39, 0.29) is 11.2 Å². The summed E-state index contributed by atoms with van der Waals surface area (Å²) in [5.74, 6) is 2.45. The number of ketones is 1. The highest BCUT2D eigenvalue weighted by atomic mass is 32.2. The zero-order chi connectivity index (χ0) is 16.9. The quantitative estimate of drug-likeness (QED) is 0.794. The number of carbonyl (C=O) groups is 1. The molecule has 3 nitrogen and oxygen atoms in total. The summed E-state index contributed by atoms with van der Waals surface area (Å²) in [6.07, 6.45) is 0.579. The van der Waals surface area contributed by atoms with Crippen LogP contribution >= 0.6 is 11.8 Å². The van der Waals surface area contributed by atoms with E-state index in [9.17, 15) is 4.79 Å². The normalized spacial score (nSPS) is 20.7. The Kier molecular flexibility index (Phi) is 5.46. The molecule has 0 aromatic heterocycles. The van der Waals surface area contributed by atoms with E-state index in [0.717, 1.165) is 11.3 Å². The molecule has 0 amide bonds. The van der Waals surface area contributed by atoms with E-state index in [1.54, 1.807) is 7.11 Å². The van der Waals surface area contributed by atoms with Crippen LogP contribution in [0.1, 0.15) is 35.6 Å². The fourth-order valence-corrected chi connectivity index (χ4v) is 4.47. The summed E-state index contributed by atoms with van der Waals surface area (Å²) in [6.45, 7) is 2.52. The van der Waals surface area contributed by atoms with E-state index in [4.69, 9.17) is 9.47 Å². The van der Waals surface area contributed by atoms with Crippen molar-refractivity contribution in [1.82, 2.24) is 0 Å². The third-order valence-electron chi connectivity index (χ3n) is 4.30. The van der Waals surface area contributed by atoms with Crippen molar-refractivity contribution < 1.29 is 14.3 Å². The molecule has 2 aromatic carbocycles. The van der Waals surface area contributed by atoms with Gasteiger partial charge in [0, 0.05) is 17.4 Å². The molecule has 3 rings (SSSR count). The van der Waals surface area contributed by atoms with Gasteiger partial charge in [-0.25, -0.2) is 0 Å². The summed E-state index contributed by atoms with van der Waals surface area (Å²) in [5.41, 5.74) is 2.25. The second kappa shape index (κ2) is 7.75. The monoisotopic (exact) mass is 342 g/mol. The lowest BCUT2D eigenvalue weighted by Crippen LogP contribution is -2.22. The molecule has 0 N–H and O–H groups in total. The minimum atomic E-state index is -0.0694. The Morgan fingerprint density at radius 2 is 1.88 bits per heavy atom. The number of Topliss-reactive ketones (excluding diaryl/α,β-unsaturated/α-hetero) is 1. The van der Waals surface area contributed by atoms with Gasteiger partial charge in [0.25, 0.3) is 0 Å². The molecule has 2 aromatic rings. The van der Waals surface area contributed by atoms with Crippen molar-refractivity contribution in [2.75, 3.05) is 19.5 Å². The highest BCUT2D eigenvalue weighted by molar-refractivity contribution is 7.99. The second-order valence-corrected chi connectivity index (χ2v) is 7.03.